The summed E-state index contributed by atoms with van der Waals surface area (Å²) in [5.41, 5.74) is 1.17. The monoisotopic (exact) mass is 375 g/mol. The quantitative estimate of drug-likeness (QED) is 0.568. The number of ether oxygens (including phenoxy) is 1. The molecule has 0 saturated carbocycles. The minimum atomic E-state index is -0.220. The number of carbonyl (C=O) groups is 1. The molecule has 28 heavy (non-hydrogen) atoms. The number of nitrogens with zero attached hydrogens (tertiary/aromatic N) is 4. The molecule has 3 heterocycles. The fraction of sp³-hybridized carbons (Fsp3) is 0.100. The molecule has 4 aromatic rings. The van der Waals surface area contributed by atoms with Crippen LogP contribution < -0.4 is 10.1 Å². The van der Waals surface area contributed by atoms with E-state index in [1.165, 1.54) is 6.33 Å². The molecule has 8 nitrogen and oxygen atoms in total. The van der Waals surface area contributed by atoms with Crippen LogP contribution in [0.15, 0.2) is 65.6 Å². The number of hydrogen-bond donors (Lipinski definition) is 1. The fourth-order valence-electron chi connectivity index (χ4n) is 2.70. The van der Waals surface area contributed by atoms with Gasteiger partial charge in [0.1, 0.15) is 23.6 Å². The molecule has 8 heteroatoms. The number of amides is 1. The molecule has 1 N–H and O–H groups in total. The summed E-state index contributed by atoms with van der Waals surface area (Å²) < 4.78 is 12.8. The van der Waals surface area contributed by atoms with Gasteiger partial charge in [0.25, 0.3) is 5.91 Å². The third-order valence-corrected chi connectivity index (χ3v) is 3.99. The van der Waals surface area contributed by atoms with Gasteiger partial charge in [-0.05, 0) is 50.2 Å². The van der Waals surface area contributed by atoms with Crippen molar-refractivity contribution < 1.29 is 13.9 Å². The molecule has 0 fully saturated rings. The largest absolute Gasteiger partial charge is 0.466 e. The van der Waals surface area contributed by atoms with Crippen LogP contribution in [0.1, 0.15) is 21.9 Å². The van der Waals surface area contributed by atoms with Crippen LogP contribution in [-0.2, 0) is 0 Å². The van der Waals surface area contributed by atoms with Gasteiger partial charge in [-0.25, -0.2) is 14.6 Å². The lowest BCUT2D eigenvalue weighted by molar-refractivity contribution is 0.102. The van der Waals surface area contributed by atoms with Gasteiger partial charge in [0.05, 0.1) is 5.56 Å². The van der Waals surface area contributed by atoms with Gasteiger partial charge in [0.15, 0.2) is 5.82 Å². The molecule has 0 atom stereocenters. The van der Waals surface area contributed by atoms with Crippen LogP contribution >= 0.6 is 0 Å². The Kier molecular flexibility index (Phi) is 4.59. The molecule has 1 aromatic carbocycles. The Morgan fingerprint density at radius 3 is 2.64 bits per heavy atom. The first-order valence-electron chi connectivity index (χ1n) is 8.57. The number of aryl methyl sites for hydroxylation is 2. The summed E-state index contributed by atoms with van der Waals surface area (Å²) in [6.07, 6.45) is 4.87. The lowest BCUT2D eigenvalue weighted by atomic mass is 10.2. The maximum Gasteiger partial charge on any atom is 0.259 e. The number of rotatable bonds is 5. The van der Waals surface area contributed by atoms with Crippen LogP contribution in [0, 0.1) is 13.8 Å². The first-order chi connectivity index (χ1) is 13.6. The Hall–Kier alpha value is -3.94. The second kappa shape index (κ2) is 7.36. The molecule has 0 radical (unpaired) electrons. The summed E-state index contributed by atoms with van der Waals surface area (Å²) in [6, 6.07) is 12.2. The number of benzene rings is 1. The number of furan rings is 1. The number of aromatic nitrogens is 4. The van der Waals surface area contributed by atoms with Crippen molar-refractivity contribution in [1.82, 2.24) is 19.7 Å². The zero-order chi connectivity index (χ0) is 19.5. The van der Waals surface area contributed by atoms with E-state index in [1.54, 1.807) is 67.3 Å². The van der Waals surface area contributed by atoms with Crippen molar-refractivity contribution in [2.75, 3.05) is 5.32 Å². The second-order valence-electron chi connectivity index (χ2n) is 6.07. The van der Waals surface area contributed by atoms with Crippen molar-refractivity contribution >= 4 is 11.6 Å². The van der Waals surface area contributed by atoms with Crippen molar-refractivity contribution in [3.8, 4) is 17.4 Å². The predicted octanol–water partition coefficient (Wildman–Crippen LogP) is 3.92. The van der Waals surface area contributed by atoms with Crippen LogP contribution in [0.2, 0.25) is 0 Å². The lowest BCUT2D eigenvalue weighted by Crippen LogP contribution is -2.11. The van der Waals surface area contributed by atoms with Gasteiger partial charge >= 0.3 is 0 Å². The highest BCUT2D eigenvalue weighted by Crippen LogP contribution is 2.23. The first kappa shape index (κ1) is 17.5. The van der Waals surface area contributed by atoms with Gasteiger partial charge in [0, 0.05) is 24.1 Å². The summed E-state index contributed by atoms with van der Waals surface area (Å²) >= 11 is 0. The second-order valence-corrected chi connectivity index (χ2v) is 6.07. The third-order valence-electron chi connectivity index (χ3n) is 3.99. The summed E-state index contributed by atoms with van der Waals surface area (Å²) in [7, 11) is 0. The van der Waals surface area contributed by atoms with Crippen LogP contribution in [0.3, 0.4) is 0 Å². The molecule has 0 aliphatic carbocycles. The van der Waals surface area contributed by atoms with E-state index in [0.717, 1.165) is 0 Å². The Labute approximate surface area is 160 Å². The Morgan fingerprint density at radius 1 is 1.14 bits per heavy atom. The van der Waals surface area contributed by atoms with Crippen LogP contribution in [0.25, 0.3) is 5.82 Å². The maximum atomic E-state index is 12.3. The van der Waals surface area contributed by atoms with Crippen molar-refractivity contribution in [3.63, 3.8) is 0 Å². The molecule has 0 saturated heterocycles. The van der Waals surface area contributed by atoms with Gasteiger partial charge in [-0.3, -0.25) is 4.79 Å². The fourth-order valence-corrected chi connectivity index (χ4v) is 2.70. The molecule has 0 aliphatic heterocycles. The van der Waals surface area contributed by atoms with Gasteiger partial charge in [0.2, 0.25) is 5.88 Å². The van der Waals surface area contributed by atoms with E-state index >= 15 is 0 Å². The predicted molar refractivity (Wildman–Crippen MR) is 102 cm³/mol. The average molecular weight is 375 g/mol. The average Bonchev–Trinajstić information content (AvgIpc) is 3.33. The minimum Gasteiger partial charge on any atom is -0.466 e. The van der Waals surface area contributed by atoms with Crippen molar-refractivity contribution in [2.45, 2.75) is 13.8 Å². The molecular weight excluding hydrogens is 358 g/mol. The van der Waals surface area contributed by atoms with Crippen LogP contribution in [0.5, 0.6) is 11.6 Å². The third kappa shape index (κ3) is 3.75. The Bertz CT molecular complexity index is 1100. The van der Waals surface area contributed by atoms with E-state index < -0.39 is 0 Å². The number of carbonyl (C=O) groups excluding carboxylic acids is 1. The van der Waals surface area contributed by atoms with E-state index in [4.69, 9.17) is 9.15 Å². The van der Waals surface area contributed by atoms with Gasteiger partial charge < -0.3 is 14.5 Å². The number of hydrogen-bond acceptors (Lipinski definition) is 6. The zero-order valence-corrected chi connectivity index (χ0v) is 15.3. The topological polar surface area (TPSA) is 95.1 Å². The summed E-state index contributed by atoms with van der Waals surface area (Å²) in [5.74, 6) is 2.64. The first-order valence-corrected chi connectivity index (χ1v) is 8.57. The van der Waals surface area contributed by atoms with E-state index in [9.17, 15) is 4.79 Å². The van der Waals surface area contributed by atoms with Gasteiger partial charge in [-0.2, -0.15) is 5.10 Å². The number of anilines is 1. The summed E-state index contributed by atoms with van der Waals surface area (Å²) in [6.45, 7) is 3.57. The van der Waals surface area contributed by atoms with E-state index in [2.05, 4.69) is 20.4 Å². The van der Waals surface area contributed by atoms with Crippen LogP contribution in [0.4, 0.5) is 5.69 Å². The molecule has 0 unspecified atom stereocenters. The van der Waals surface area contributed by atoms with E-state index in [0.29, 0.717) is 40.2 Å². The molecule has 4 rings (SSSR count). The summed E-state index contributed by atoms with van der Waals surface area (Å²) in [5, 5.41) is 6.97. The molecule has 0 aliphatic rings. The molecular formula is C20H17N5O3. The lowest BCUT2D eigenvalue weighted by Gasteiger charge is -2.08. The molecule has 0 spiro atoms. The Balaban J connectivity index is 1.44. The molecule has 140 valence electrons. The molecule has 0 bridgehead atoms. The smallest absolute Gasteiger partial charge is 0.259 e. The maximum absolute atomic E-state index is 12.3. The highest BCUT2D eigenvalue weighted by Gasteiger charge is 2.13. The highest BCUT2D eigenvalue weighted by atomic mass is 16.5. The van der Waals surface area contributed by atoms with Crippen molar-refractivity contribution in [1.29, 1.82) is 0 Å². The summed E-state index contributed by atoms with van der Waals surface area (Å²) in [4.78, 5) is 20.6. The highest BCUT2D eigenvalue weighted by molar-refractivity contribution is 6.05. The SMILES string of the molecule is Cc1cc(C(=O)Nc2ccc(Oc3cc(-n4cccn4)ncn3)cc2)c(C)o1. The van der Waals surface area contributed by atoms with E-state index in [-0.39, 0.29) is 5.91 Å². The normalized spacial score (nSPS) is 10.6. The molecule has 3 aromatic heterocycles. The van der Waals surface area contributed by atoms with Crippen LogP contribution in [-0.4, -0.2) is 25.7 Å². The molecule has 1 amide bonds. The standard InChI is InChI=1S/C20H17N5O3/c1-13-10-17(14(2)27-13)20(26)24-15-4-6-16(7-5-15)28-19-11-18(21-12-22-19)25-9-3-8-23-25/h3-12H,1-2H3,(H,24,26). The van der Waals surface area contributed by atoms with Crippen molar-refractivity contribution in [2.24, 2.45) is 0 Å². The van der Waals surface area contributed by atoms with Crippen molar-refractivity contribution in [3.05, 3.63) is 78.3 Å². The zero-order valence-electron chi connectivity index (χ0n) is 15.3. The van der Waals surface area contributed by atoms with Gasteiger partial charge in [-0.15, -0.1) is 0 Å². The van der Waals surface area contributed by atoms with Gasteiger partial charge in [-0.1, -0.05) is 0 Å². The number of nitrogens with one attached hydrogen (secondary N) is 1. The minimum absolute atomic E-state index is 0.220. The Morgan fingerprint density at radius 2 is 1.96 bits per heavy atom. The van der Waals surface area contributed by atoms with E-state index in [1.807, 2.05) is 6.07 Å².